The van der Waals surface area contributed by atoms with Crippen LogP contribution in [0.4, 0.5) is 11.4 Å². The van der Waals surface area contributed by atoms with Crippen LogP contribution < -0.4 is 9.64 Å². The van der Waals surface area contributed by atoms with Crippen LogP contribution in [0.5, 0.6) is 17.2 Å². The number of hydrogen-bond acceptors (Lipinski definition) is 5. The van der Waals surface area contributed by atoms with Gasteiger partial charge in [0.15, 0.2) is 5.78 Å². The number of carboxylic acid groups (broad SMARTS) is 1. The Bertz CT molecular complexity index is 1280. The summed E-state index contributed by atoms with van der Waals surface area (Å²) in [7, 11) is 1.88. The van der Waals surface area contributed by atoms with E-state index in [2.05, 4.69) is 0 Å². The quantitative estimate of drug-likeness (QED) is 0.350. The van der Waals surface area contributed by atoms with Crippen LogP contribution in [-0.2, 0) is 0 Å². The maximum Gasteiger partial charge on any atom is 0.335 e. The summed E-state index contributed by atoms with van der Waals surface area (Å²) in [6.45, 7) is 0. The molecule has 0 spiro atoms. The first-order chi connectivity index (χ1) is 15.9. The van der Waals surface area contributed by atoms with Crippen molar-refractivity contribution in [1.82, 2.24) is 0 Å². The van der Waals surface area contributed by atoms with Gasteiger partial charge < -0.3 is 19.8 Å². The summed E-state index contributed by atoms with van der Waals surface area (Å²) in [4.78, 5) is 26.6. The molecule has 0 aliphatic heterocycles. The lowest BCUT2D eigenvalue weighted by atomic mass is 10.0. The van der Waals surface area contributed by atoms with E-state index in [-0.39, 0.29) is 28.4 Å². The van der Waals surface area contributed by atoms with Gasteiger partial charge in [-0.15, -0.1) is 0 Å². The number of anilines is 2. The fourth-order valence-electron chi connectivity index (χ4n) is 3.37. The summed E-state index contributed by atoms with van der Waals surface area (Å²) in [6.07, 6.45) is 0. The molecule has 4 aromatic carbocycles. The predicted molar refractivity (Wildman–Crippen MR) is 126 cm³/mol. The lowest BCUT2D eigenvalue weighted by Gasteiger charge is -2.19. The highest BCUT2D eigenvalue weighted by atomic mass is 16.5. The molecule has 0 unspecified atom stereocenters. The Morgan fingerprint density at radius 1 is 0.697 bits per heavy atom. The highest BCUT2D eigenvalue weighted by Crippen LogP contribution is 2.28. The average Bonchev–Trinajstić information content (AvgIpc) is 2.84. The van der Waals surface area contributed by atoms with E-state index in [9.17, 15) is 19.8 Å². The number of carbonyl (C=O) groups excluding carboxylic acids is 1. The van der Waals surface area contributed by atoms with Crippen molar-refractivity contribution in [1.29, 1.82) is 0 Å². The van der Waals surface area contributed by atoms with Crippen LogP contribution >= 0.6 is 0 Å². The Morgan fingerprint density at radius 3 is 1.88 bits per heavy atom. The average molecular weight is 439 g/mol. The third-order valence-electron chi connectivity index (χ3n) is 5.15. The minimum Gasteiger partial charge on any atom is -0.508 e. The molecular weight excluding hydrogens is 418 g/mol. The second-order valence-corrected chi connectivity index (χ2v) is 7.42. The largest absolute Gasteiger partial charge is 0.508 e. The van der Waals surface area contributed by atoms with Gasteiger partial charge in [-0.2, -0.15) is 0 Å². The predicted octanol–water partition coefficient (Wildman–Crippen LogP) is 5.88. The number of carboxylic acids is 1. The molecule has 0 aliphatic carbocycles. The van der Waals surface area contributed by atoms with E-state index in [4.69, 9.17) is 4.74 Å². The van der Waals surface area contributed by atoms with E-state index in [0.29, 0.717) is 11.3 Å². The summed E-state index contributed by atoms with van der Waals surface area (Å²) in [6, 6.07) is 27.0. The number of carbonyl (C=O) groups is 2. The first-order valence-electron chi connectivity index (χ1n) is 10.2. The molecule has 6 heteroatoms. The van der Waals surface area contributed by atoms with Gasteiger partial charge >= 0.3 is 5.97 Å². The molecule has 0 saturated heterocycles. The SMILES string of the molecule is CN(c1ccc(O)cc1)c1ccc(C(=O)c2cc(Oc3ccccc3)cc(C(=O)O)c2)cc1. The van der Waals surface area contributed by atoms with Crippen LogP contribution in [0, 0.1) is 0 Å². The Hall–Kier alpha value is -4.58. The number of para-hydroxylation sites is 1. The van der Waals surface area contributed by atoms with E-state index in [1.165, 1.54) is 18.2 Å². The third-order valence-corrected chi connectivity index (χ3v) is 5.15. The molecule has 164 valence electrons. The van der Waals surface area contributed by atoms with Crippen molar-refractivity contribution < 1.29 is 24.5 Å². The van der Waals surface area contributed by atoms with Gasteiger partial charge in [0.05, 0.1) is 5.56 Å². The normalized spacial score (nSPS) is 10.5. The summed E-state index contributed by atoms with van der Waals surface area (Å²) in [5.74, 6) is -0.455. The van der Waals surface area contributed by atoms with Crippen molar-refractivity contribution >= 4 is 23.1 Å². The zero-order valence-corrected chi connectivity index (χ0v) is 17.8. The number of phenolic OH excluding ortho intramolecular Hbond substituents is 1. The van der Waals surface area contributed by atoms with Crippen molar-refractivity contribution in [2.45, 2.75) is 0 Å². The van der Waals surface area contributed by atoms with Gasteiger partial charge in [0.1, 0.15) is 17.2 Å². The second-order valence-electron chi connectivity index (χ2n) is 7.42. The van der Waals surface area contributed by atoms with Crippen molar-refractivity contribution in [3.63, 3.8) is 0 Å². The molecule has 0 saturated carbocycles. The summed E-state index contributed by atoms with van der Waals surface area (Å²) in [5.41, 5.74) is 2.34. The maximum atomic E-state index is 13.1. The van der Waals surface area contributed by atoms with Crippen LogP contribution in [-0.4, -0.2) is 29.0 Å². The third kappa shape index (κ3) is 5.02. The minimum absolute atomic E-state index is 0.0320. The van der Waals surface area contributed by atoms with Crippen molar-refractivity contribution in [3.8, 4) is 17.2 Å². The molecule has 2 N–H and O–H groups in total. The van der Waals surface area contributed by atoms with Crippen LogP contribution in [0.2, 0.25) is 0 Å². The highest BCUT2D eigenvalue weighted by Gasteiger charge is 2.16. The zero-order chi connectivity index (χ0) is 23.4. The molecule has 0 amide bonds. The molecule has 33 heavy (non-hydrogen) atoms. The lowest BCUT2D eigenvalue weighted by molar-refractivity contribution is 0.0696. The van der Waals surface area contributed by atoms with Crippen LogP contribution in [0.1, 0.15) is 26.3 Å². The second kappa shape index (κ2) is 9.28. The number of benzene rings is 4. The standard InChI is InChI=1S/C27H21NO5/c1-28(22-11-13-23(29)14-12-22)21-9-7-18(8-10-21)26(30)19-15-20(27(31)32)17-25(16-19)33-24-5-3-2-4-6-24/h2-17,29H,1H3,(H,31,32). The topological polar surface area (TPSA) is 87.1 Å². The lowest BCUT2D eigenvalue weighted by Crippen LogP contribution is -2.10. The van der Waals surface area contributed by atoms with Gasteiger partial charge in [0, 0.05) is 29.5 Å². The monoisotopic (exact) mass is 439 g/mol. The minimum atomic E-state index is -1.14. The van der Waals surface area contributed by atoms with Gasteiger partial charge in [-0.3, -0.25) is 4.79 Å². The van der Waals surface area contributed by atoms with Crippen LogP contribution in [0.25, 0.3) is 0 Å². The molecule has 0 heterocycles. The number of aromatic hydroxyl groups is 1. The number of aromatic carboxylic acids is 1. The van der Waals surface area contributed by atoms with Gasteiger partial charge in [-0.1, -0.05) is 18.2 Å². The van der Waals surface area contributed by atoms with Crippen molar-refractivity contribution in [3.05, 3.63) is 114 Å². The van der Waals surface area contributed by atoms with Gasteiger partial charge in [-0.25, -0.2) is 4.79 Å². The molecule has 0 fully saturated rings. The molecule has 0 radical (unpaired) electrons. The number of nitrogens with zero attached hydrogens (tertiary/aromatic N) is 1. The first kappa shape index (κ1) is 21.6. The Balaban J connectivity index is 1.60. The van der Waals surface area contributed by atoms with E-state index in [1.807, 2.05) is 30.1 Å². The molecule has 0 atom stereocenters. The zero-order valence-electron chi connectivity index (χ0n) is 17.8. The van der Waals surface area contributed by atoms with Gasteiger partial charge in [0.2, 0.25) is 0 Å². The fourth-order valence-corrected chi connectivity index (χ4v) is 3.37. The number of ether oxygens (including phenoxy) is 1. The molecule has 4 rings (SSSR count). The Kier molecular flexibility index (Phi) is 6.09. The Labute approximate surface area is 190 Å². The van der Waals surface area contributed by atoms with E-state index >= 15 is 0 Å². The number of phenols is 1. The van der Waals surface area contributed by atoms with Gasteiger partial charge in [0.25, 0.3) is 0 Å². The molecule has 0 bridgehead atoms. The number of rotatable bonds is 7. The fraction of sp³-hybridized carbons (Fsp3) is 0.0370. The Morgan fingerprint density at radius 2 is 1.27 bits per heavy atom. The number of ketones is 1. The first-order valence-corrected chi connectivity index (χ1v) is 10.2. The molecule has 0 aromatic heterocycles. The molecule has 6 nitrogen and oxygen atoms in total. The smallest absolute Gasteiger partial charge is 0.335 e. The molecule has 0 aliphatic rings. The van der Waals surface area contributed by atoms with Crippen LogP contribution in [0.3, 0.4) is 0 Å². The van der Waals surface area contributed by atoms with Crippen molar-refractivity contribution in [2.24, 2.45) is 0 Å². The van der Waals surface area contributed by atoms with E-state index in [1.54, 1.807) is 60.7 Å². The molecular formula is C27H21NO5. The van der Waals surface area contributed by atoms with Crippen molar-refractivity contribution in [2.75, 3.05) is 11.9 Å². The maximum absolute atomic E-state index is 13.1. The van der Waals surface area contributed by atoms with E-state index in [0.717, 1.165) is 11.4 Å². The summed E-state index contributed by atoms with van der Waals surface area (Å²) >= 11 is 0. The van der Waals surface area contributed by atoms with E-state index < -0.39 is 5.97 Å². The van der Waals surface area contributed by atoms with Gasteiger partial charge in [-0.05, 0) is 78.9 Å². The van der Waals surface area contributed by atoms with Crippen LogP contribution in [0.15, 0.2) is 97.1 Å². The summed E-state index contributed by atoms with van der Waals surface area (Å²) < 4.78 is 5.76. The number of hydrogen-bond donors (Lipinski definition) is 2. The molecule has 4 aromatic rings. The summed E-state index contributed by atoms with van der Waals surface area (Å²) in [5, 5.41) is 19.0. The highest BCUT2D eigenvalue weighted by molar-refractivity contribution is 6.10.